The van der Waals surface area contributed by atoms with Gasteiger partial charge in [-0.3, -0.25) is 0 Å². The fourth-order valence-electron chi connectivity index (χ4n) is 1.89. The van der Waals surface area contributed by atoms with Crippen molar-refractivity contribution in [2.24, 2.45) is 0 Å². The van der Waals surface area contributed by atoms with Crippen molar-refractivity contribution in [1.82, 2.24) is 0 Å². The molecule has 19 heavy (non-hydrogen) atoms. The fourth-order valence-corrected chi connectivity index (χ4v) is 1.89. The maximum Gasteiger partial charge on any atom is 0.337 e. The first-order valence-electron chi connectivity index (χ1n) is 5.83. The first-order valence-corrected chi connectivity index (χ1v) is 5.83. The number of aromatic carboxylic acids is 1. The van der Waals surface area contributed by atoms with Crippen LogP contribution >= 0.6 is 0 Å². The molecule has 0 heterocycles. The number of rotatable bonds is 4. The predicted octanol–water partition coefficient (Wildman–Crippen LogP) is 3.16. The van der Waals surface area contributed by atoms with E-state index < -0.39 is 5.97 Å². The van der Waals surface area contributed by atoms with Gasteiger partial charge in [-0.05, 0) is 24.3 Å². The second-order valence-electron chi connectivity index (χ2n) is 4.08. The number of carbonyl (C=O) groups is 1. The average molecular weight is 257 g/mol. The fraction of sp³-hybridized carbons (Fsp3) is 0.133. The molecule has 2 aromatic carbocycles. The molecule has 2 rings (SSSR count). The monoisotopic (exact) mass is 257 g/mol. The minimum atomic E-state index is -0.958. The molecule has 4 nitrogen and oxygen atoms in total. The molecule has 2 aromatic rings. The Morgan fingerprint density at radius 2 is 1.84 bits per heavy atom. The van der Waals surface area contributed by atoms with Crippen LogP contribution in [0.5, 0.6) is 5.75 Å². The third-order valence-electron chi connectivity index (χ3n) is 2.94. The lowest BCUT2D eigenvalue weighted by Gasteiger charge is -2.22. The largest absolute Gasteiger partial charge is 0.497 e. The molecular weight excluding hydrogens is 242 g/mol. The van der Waals surface area contributed by atoms with Crippen LogP contribution in [-0.2, 0) is 0 Å². The van der Waals surface area contributed by atoms with E-state index in [1.165, 1.54) is 0 Å². The summed E-state index contributed by atoms with van der Waals surface area (Å²) in [5.74, 6) is -0.330. The number of benzene rings is 2. The van der Waals surface area contributed by atoms with Crippen molar-refractivity contribution >= 4 is 17.3 Å². The summed E-state index contributed by atoms with van der Waals surface area (Å²) in [4.78, 5) is 13.1. The van der Waals surface area contributed by atoms with Crippen molar-refractivity contribution in [2.75, 3.05) is 19.1 Å². The number of hydrogen-bond acceptors (Lipinski definition) is 3. The summed E-state index contributed by atoms with van der Waals surface area (Å²) in [6.07, 6.45) is 0. The van der Waals surface area contributed by atoms with Crippen LogP contribution in [0.25, 0.3) is 0 Å². The lowest BCUT2D eigenvalue weighted by Crippen LogP contribution is -2.14. The van der Waals surface area contributed by atoms with Crippen LogP contribution in [0.1, 0.15) is 10.4 Å². The van der Waals surface area contributed by atoms with Gasteiger partial charge in [-0.15, -0.1) is 0 Å². The molecule has 1 N–H and O–H groups in total. The molecule has 98 valence electrons. The zero-order chi connectivity index (χ0) is 13.8. The second-order valence-corrected chi connectivity index (χ2v) is 4.08. The Kier molecular flexibility index (Phi) is 3.71. The van der Waals surface area contributed by atoms with Crippen LogP contribution < -0.4 is 9.64 Å². The molecule has 0 amide bonds. The molecule has 0 fully saturated rings. The van der Waals surface area contributed by atoms with Gasteiger partial charge in [-0.25, -0.2) is 4.79 Å². The van der Waals surface area contributed by atoms with E-state index in [-0.39, 0.29) is 5.56 Å². The van der Waals surface area contributed by atoms with Gasteiger partial charge in [0.2, 0.25) is 0 Å². The van der Waals surface area contributed by atoms with Crippen molar-refractivity contribution < 1.29 is 14.6 Å². The SMILES string of the molecule is COc1ccc(C(=O)O)c(N(C)c2ccccc2)c1. The van der Waals surface area contributed by atoms with Crippen molar-refractivity contribution in [3.8, 4) is 5.75 Å². The van der Waals surface area contributed by atoms with Gasteiger partial charge in [0.15, 0.2) is 0 Å². The maximum absolute atomic E-state index is 11.3. The molecule has 0 aromatic heterocycles. The smallest absolute Gasteiger partial charge is 0.337 e. The third kappa shape index (κ3) is 2.68. The van der Waals surface area contributed by atoms with Gasteiger partial charge in [0.1, 0.15) is 5.75 Å². The second kappa shape index (κ2) is 5.44. The molecule has 0 spiro atoms. The summed E-state index contributed by atoms with van der Waals surface area (Å²) in [6.45, 7) is 0. The number of ether oxygens (including phenoxy) is 1. The average Bonchev–Trinajstić information content (AvgIpc) is 2.46. The summed E-state index contributed by atoms with van der Waals surface area (Å²) in [7, 11) is 3.39. The lowest BCUT2D eigenvalue weighted by molar-refractivity contribution is 0.0697. The molecular formula is C15H15NO3. The third-order valence-corrected chi connectivity index (χ3v) is 2.94. The van der Waals surface area contributed by atoms with E-state index in [9.17, 15) is 9.90 Å². The Labute approximate surface area is 111 Å². The van der Waals surface area contributed by atoms with Crippen molar-refractivity contribution in [3.05, 3.63) is 54.1 Å². The van der Waals surface area contributed by atoms with E-state index in [4.69, 9.17) is 4.74 Å². The van der Waals surface area contributed by atoms with Gasteiger partial charge >= 0.3 is 5.97 Å². The first kappa shape index (κ1) is 13.0. The van der Waals surface area contributed by atoms with Gasteiger partial charge in [-0.2, -0.15) is 0 Å². The highest BCUT2D eigenvalue weighted by Crippen LogP contribution is 2.30. The Balaban J connectivity index is 2.50. The topological polar surface area (TPSA) is 49.8 Å². The molecule has 0 bridgehead atoms. The van der Waals surface area contributed by atoms with Gasteiger partial charge in [0.25, 0.3) is 0 Å². The normalized spacial score (nSPS) is 10.0. The summed E-state index contributed by atoms with van der Waals surface area (Å²) in [5, 5.41) is 9.26. The van der Waals surface area contributed by atoms with Crippen LogP contribution in [-0.4, -0.2) is 25.2 Å². The number of methoxy groups -OCH3 is 1. The van der Waals surface area contributed by atoms with Gasteiger partial charge in [0.05, 0.1) is 18.4 Å². The highest BCUT2D eigenvalue weighted by atomic mass is 16.5. The van der Waals surface area contributed by atoms with Gasteiger partial charge in [0, 0.05) is 18.8 Å². The van der Waals surface area contributed by atoms with Crippen LogP contribution in [0.3, 0.4) is 0 Å². The van der Waals surface area contributed by atoms with Crippen LogP contribution in [0.15, 0.2) is 48.5 Å². The van der Waals surface area contributed by atoms with E-state index in [0.717, 1.165) is 5.69 Å². The van der Waals surface area contributed by atoms with Crippen molar-refractivity contribution in [3.63, 3.8) is 0 Å². The van der Waals surface area contributed by atoms with Crippen LogP contribution in [0.2, 0.25) is 0 Å². The molecule has 0 atom stereocenters. The minimum Gasteiger partial charge on any atom is -0.497 e. The highest BCUT2D eigenvalue weighted by Gasteiger charge is 2.15. The molecule has 0 aliphatic rings. The van der Waals surface area contributed by atoms with Crippen molar-refractivity contribution in [1.29, 1.82) is 0 Å². The van der Waals surface area contributed by atoms with Gasteiger partial charge in [-0.1, -0.05) is 18.2 Å². The number of para-hydroxylation sites is 1. The molecule has 0 unspecified atom stereocenters. The zero-order valence-electron chi connectivity index (χ0n) is 10.8. The number of carboxylic acid groups (broad SMARTS) is 1. The summed E-state index contributed by atoms with van der Waals surface area (Å²) in [5.41, 5.74) is 1.75. The Morgan fingerprint density at radius 1 is 1.16 bits per heavy atom. The van der Waals surface area contributed by atoms with E-state index in [2.05, 4.69) is 0 Å². The van der Waals surface area contributed by atoms with Crippen LogP contribution in [0, 0.1) is 0 Å². The molecule has 0 aliphatic carbocycles. The number of nitrogens with zero attached hydrogens (tertiary/aromatic N) is 1. The Morgan fingerprint density at radius 3 is 2.42 bits per heavy atom. The first-order chi connectivity index (χ1) is 9.13. The molecule has 0 radical (unpaired) electrons. The number of anilines is 2. The van der Waals surface area contributed by atoms with E-state index >= 15 is 0 Å². The van der Waals surface area contributed by atoms with Gasteiger partial charge < -0.3 is 14.7 Å². The van der Waals surface area contributed by atoms with Crippen LogP contribution in [0.4, 0.5) is 11.4 Å². The van der Waals surface area contributed by atoms with E-state index in [1.54, 1.807) is 25.3 Å². The lowest BCUT2D eigenvalue weighted by atomic mass is 10.1. The minimum absolute atomic E-state index is 0.243. The van der Waals surface area contributed by atoms with E-state index in [1.807, 2.05) is 42.3 Å². The zero-order valence-corrected chi connectivity index (χ0v) is 10.8. The molecule has 0 saturated carbocycles. The Hall–Kier alpha value is -2.49. The highest BCUT2D eigenvalue weighted by molar-refractivity contribution is 5.96. The number of carboxylic acids is 1. The molecule has 0 aliphatic heterocycles. The summed E-state index contributed by atoms with van der Waals surface area (Å²) < 4.78 is 5.16. The summed E-state index contributed by atoms with van der Waals surface area (Å²) >= 11 is 0. The quantitative estimate of drug-likeness (QED) is 0.914. The molecule has 4 heteroatoms. The van der Waals surface area contributed by atoms with Crippen molar-refractivity contribution in [2.45, 2.75) is 0 Å². The Bertz CT molecular complexity index is 581. The van der Waals surface area contributed by atoms with E-state index in [0.29, 0.717) is 11.4 Å². The number of hydrogen-bond donors (Lipinski definition) is 1. The predicted molar refractivity (Wildman–Crippen MR) is 74.5 cm³/mol. The maximum atomic E-state index is 11.3. The standard InChI is InChI=1S/C15H15NO3/c1-16(11-6-4-3-5-7-11)14-10-12(19-2)8-9-13(14)15(17)18/h3-10H,1-2H3,(H,17,18). The summed E-state index contributed by atoms with van der Waals surface area (Å²) in [6, 6.07) is 14.5. The molecule has 0 saturated heterocycles.